The molecule has 3 nitrogen and oxygen atoms in total. The molecule has 1 atom stereocenters. The predicted molar refractivity (Wildman–Crippen MR) is 61.0 cm³/mol. The van der Waals surface area contributed by atoms with E-state index in [1.165, 1.54) is 0 Å². The molecule has 0 fully saturated rings. The Morgan fingerprint density at radius 1 is 0.800 bits per heavy atom. The summed E-state index contributed by atoms with van der Waals surface area (Å²) >= 11 is 0. The van der Waals surface area contributed by atoms with Crippen LogP contribution in [-0.2, 0) is 13.6 Å². The summed E-state index contributed by atoms with van der Waals surface area (Å²) in [5.74, 6) is -4.41. The molecule has 0 aliphatic rings. The van der Waals surface area contributed by atoms with E-state index in [2.05, 4.69) is 9.05 Å². The highest BCUT2D eigenvalue weighted by atomic mass is 31.2. The smallest absolute Gasteiger partial charge is 0.306 e. The Labute approximate surface area is 133 Å². The lowest BCUT2D eigenvalue weighted by atomic mass is 10.1. The summed E-state index contributed by atoms with van der Waals surface area (Å²) < 4.78 is 161. The van der Waals surface area contributed by atoms with Gasteiger partial charge in [0.2, 0.25) is 0 Å². The Balaban J connectivity index is 7.06. The van der Waals surface area contributed by atoms with E-state index in [-0.39, 0.29) is 0 Å². The minimum absolute atomic E-state index is 0.776. The minimum atomic E-state index is -6.83. The molecule has 0 N–H and O–H groups in total. The van der Waals surface area contributed by atoms with Crippen molar-refractivity contribution in [2.24, 2.45) is 0 Å². The summed E-state index contributed by atoms with van der Waals surface area (Å²) in [5.41, 5.74) is -4.44. The average molecular weight is 418 g/mol. The summed E-state index contributed by atoms with van der Waals surface area (Å²) in [4.78, 5) is 0. The van der Waals surface area contributed by atoms with E-state index in [9.17, 15) is 52.9 Å². The molecule has 0 aromatic carbocycles. The van der Waals surface area contributed by atoms with Gasteiger partial charge in [-0.2, -0.15) is 39.5 Å². The van der Waals surface area contributed by atoms with E-state index < -0.39 is 56.1 Å². The van der Waals surface area contributed by atoms with E-state index in [4.69, 9.17) is 0 Å². The molecule has 0 amide bonds. The van der Waals surface area contributed by atoms with Crippen LogP contribution in [0.4, 0.5) is 48.3 Å². The maximum absolute atomic E-state index is 14.4. The zero-order valence-electron chi connectivity index (χ0n) is 12.2. The fraction of sp³-hybridized carbons (Fsp3) is 0.800. The van der Waals surface area contributed by atoms with Crippen LogP contribution in [0.25, 0.3) is 0 Å². The largest absolute Gasteiger partial charge is 0.441 e. The molecule has 0 bridgehead atoms. The van der Waals surface area contributed by atoms with Crippen LogP contribution >= 0.6 is 7.60 Å². The summed E-state index contributed by atoms with van der Waals surface area (Å²) in [5, 5.41) is -6.33. The van der Waals surface area contributed by atoms with Crippen LogP contribution in [0.15, 0.2) is 11.4 Å². The molecule has 0 saturated carbocycles. The van der Waals surface area contributed by atoms with Crippen molar-refractivity contribution < 1.29 is 61.9 Å². The van der Waals surface area contributed by atoms with E-state index in [0.29, 0.717) is 0 Å². The zero-order chi connectivity index (χ0) is 20.5. The molecule has 0 aliphatic heterocycles. The third kappa shape index (κ3) is 4.64. The molecule has 0 spiro atoms. The molecule has 0 heterocycles. The van der Waals surface area contributed by atoms with E-state index in [1.807, 2.05) is 0 Å². The maximum atomic E-state index is 14.4. The Kier molecular flexibility index (Phi) is 7.13. The molecule has 150 valence electrons. The number of hydrogen-bond acceptors (Lipinski definition) is 3. The molecule has 0 aromatic rings. The van der Waals surface area contributed by atoms with Gasteiger partial charge in [-0.05, 0) is 13.8 Å². The van der Waals surface area contributed by atoms with Crippen LogP contribution < -0.4 is 0 Å². The Bertz CT molecular complexity index is 522. The fourth-order valence-corrected chi connectivity index (χ4v) is 3.30. The van der Waals surface area contributed by atoms with Crippen molar-refractivity contribution in [2.45, 2.75) is 37.8 Å². The van der Waals surface area contributed by atoms with Gasteiger partial charge < -0.3 is 9.05 Å². The first kappa shape index (κ1) is 24.1. The second-order valence-electron chi connectivity index (χ2n) is 4.14. The van der Waals surface area contributed by atoms with Gasteiger partial charge in [0.1, 0.15) is 0 Å². The second kappa shape index (κ2) is 7.39. The first-order chi connectivity index (χ1) is 10.9. The number of allylic oxidation sites excluding steroid dienone is 2. The Morgan fingerprint density at radius 3 is 1.32 bits per heavy atom. The van der Waals surface area contributed by atoms with Crippen molar-refractivity contribution >= 4 is 7.60 Å². The lowest BCUT2D eigenvalue weighted by molar-refractivity contribution is -0.206. The van der Waals surface area contributed by atoms with Crippen LogP contribution in [-0.4, -0.2) is 37.2 Å². The van der Waals surface area contributed by atoms with E-state index in [0.717, 1.165) is 13.8 Å². The number of alkyl halides is 10. The van der Waals surface area contributed by atoms with Crippen molar-refractivity contribution in [3.05, 3.63) is 11.4 Å². The van der Waals surface area contributed by atoms with Crippen LogP contribution in [0.3, 0.4) is 0 Å². The third-order valence-corrected chi connectivity index (χ3v) is 4.83. The highest BCUT2D eigenvalue weighted by molar-refractivity contribution is 7.55. The quantitative estimate of drug-likeness (QED) is 0.402. The van der Waals surface area contributed by atoms with Gasteiger partial charge in [-0.15, -0.1) is 0 Å². The first-order valence-corrected chi connectivity index (χ1v) is 7.63. The fourth-order valence-electron chi connectivity index (χ4n) is 1.53. The normalized spacial score (nSPS) is 16.5. The van der Waals surface area contributed by atoms with Crippen molar-refractivity contribution in [3.8, 4) is 0 Å². The molecule has 0 saturated heterocycles. The van der Waals surface area contributed by atoms with Gasteiger partial charge >= 0.3 is 31.5 Å². The van der Waals surface area contributed by atoms with Gasteiger partial charge in [-0.1, -0.05) is 0 Å². The highest BCUT2D eigenvalue weighted by Crippen LogP contribution is 2.70. The molecule has 0 rings (SSSR count). The molecule has 0 aromatic heterocycles. The van der Waals surface area contributed by atoms with Gasteiger partial charge in [0.15, 0.2) is 11.4 Å². The molecule has 0 radical (unpaired) electrons. The van der Waals surface area contributed by atoms with E-state index in [1.54, 1.807) is 0 Å². The van der Waals surface area contributed by atoms with E-state index >= 15 is 0 Å². The highest BCUT2D eigenvalue weighted by Gasteiger charge is 2.76. The average Bonchev–Trinajstić information content (AvgIpc) is 2.32. The number of halogens is 11. The van der Waals surface area contributed by atoms with Crippen LogP contribution in [0.5, 0.6) is 0 Å². The standard InChI is InChI=1S/C10H10F11O3P/c1-3-23-25(22,24-4-2)7(12,10(19,20)21)6(11)5(8(13,14)15)9(16,17)18/h3-4H2,1-2H3. The molecule has 15 heteroatoms. The molecule has 25 heavy (non-hydrogen) atoms. The van der Waals surface area contributed by atoms with Gasteiger partial charge in [-0.25, -0.2) is 8.78 Å². The number of rotatable bonds is 6. The molecular weight excluding hydrogens is 408 g/mol. The van der Waals surface area contributed by atoms with Gasteiger partial charge in [0.05, 0.1) is 13.2 Å². The third-order valence-electron chi connectivity index (χ3n) is 2.43. The Hall–Kier alpha value is -0.880. The van der Waals surface area contributed by atoms with Gasteiger partial charge in [0, 0.05) is 0 Å². The van der Waals surface area contributed by atoms with Crippen LogP contribution in [0, 0.1) is 0 Å². The lowest BCUT2D eigenvalue weighted by Gasteiger charge is -2.33. The topological polar surface area (TPSA) is 35.5 Å². The van der Waals surface area contributed by atoms with Crippen molar-refractivity contribution in [3.63, 3.8) is 0 Å². The minimum Gasteiger partial charge on any atom is -0.306 e. The SMILES string of the molecule is CCOP(=O)(OCC)C(F)(C(F)=C(C(F)(F)F)C(F)(F)F)C(F)(F)F. The summed E-state index contributed by atoms with van der Waals surface area (Å²) in [6, 6.07) is 0. The maximum Gasteiger partial charge on any atom is 0.441 e. The van der Waals surface area contributed by atoms with Gasteiger partial charge in [-0.3, -0.25) is 4.57 Å². The monoisotopic (exact) mass is 418 g/mol. The van der Waals surface area contributed by atoms with Crippen molar-refractivity contribution in [1.82, 2.24) is 0 Å². The summed E-state index contributed by atoms with van der Waals surface area (Å²) in [6.07, 6.45) is -20.4. The van der Waals surface area contributed by atoms with Gasteiger partial charge in [0.25, 0.3) is 0 Å². The Morgan fingerprint density at radius 2 is 1.12 bits per heavy atom. The summed E-state index contributed by atoms with van der Waals surface area (Å²) in [6.45, 7) is -0.642. The molecule has 0 aliphatic carbocycles. The van der Waals surface area contributed by atoms with Crippen molar-refractivity contribution in [1.29, 1.82) is 0 Å². The summed E-state index contributed by atoms with van der Waals surface area (Å²) in [7, 11) is -6.54. The second-order valence-corrected chi connectivity index (χ2v) is 6.26. The van der Waals surface area contributed by atoms with Crippen LogP contribution in [0.2, 0.25) is 0 Å². The molecular formula is C10H10F11O3P. The predicted octanol–water partition coefficient (Wildman–Crippen LogP) is 5.83. The lowest BCUT2D eigenvalue weighted by Crippen LogP contribution is -2.45. The number of hydrogen-bond donors (Lipinski definition) is 0. The van der Waals surface area contributed by atoms with Crippen LogP contribution in [0.1, 0.15) is 13.8 Å². The molecule has 1 unspecified atom stereocenters. The van der Waals surface area contributed by atoms with Crippen molar-refractivity contribution in [2.75, 3.05) is 13.2 Å². The zero-order valence-corrected chi connectivity index (χ0v) is 13.1. The first-order valence-electron chi connectivity index (χ1n) is 6.09.